The lowest BCUT2D eigenvalue weighted by Gasteiger charge is -2.25. The van der Waals surface area contributed by atoms with Gasteiger partial charge in [-0.05, 0) is 51.9 Å². The van der Waals surface area contributed by atoms with Crippen molar-refractivity contribution in [3.05, 3.63) is 0 Å². The van der Waals surface area contributed by atoms with E-state index < -0.39 is 6.23 Å². The van der Waals surface area contributed by atoms with Gasteiger partial charge in [0.05, 0.1) is 12.1 Å². The van der Waals surface area contributed by atoms with Gasteiger partial charge in [-0.25, -0.2) is 19.4 Å². The molecular formula is C18H31N3O5. The largest absolute Gasteiger partial charge is 0.396 e. The molecule has 0 saturated heterocycles. The van der Waals surface area contributed by atoms with E-state index in [1.54, 1.807) is 6.08 Å². The summed E-state index contributed by atoms with van der Waals surface area (Å²) < 4.78 is 0. The normalized spacial score (nSPS) is 12.3. The number of carbonyl (C=O) groups excluding carboxylic acids is 3. The van der Waals surface area contributed by atoms with Crippen LogP contribution in [0.15, 0.2) is 15.0 Å². The summed E-state index contributed by atoms with van der Waals surface area (Å²) in [7, 11) is 0. The van der Waals surface area contributed by atoms with Crippen LogP contribution in [-0.4, -0.2) is 53.4 Å². The Morgan fingerprint density at radius 3 is 2.12 bits per heavy atom. The Hall–Kier alpha value is -1.94. The van der Waals surface area contributed by atoms with E-state index in [0.717, 1.165) is 38.5 Å². The molecule has 8 nitrogen and oxygen atoms in total. The molecule has 0 amide bonds. The van der Waals surface area contributed by atoms with Crippen molar-refractivity contribution >= 4 is 18.2 Å². The van der Waals surface area contributed by atoms with Crippen molar-refractivity contribution in [1.29, 1.82) is 0 Å². The van der Waals surface area contributed by atoms with Crippen molar-refractivity contribution in [1.82, 2.24) is 0 Å². The molecule has 0 spiro atoms. The van der Waals surface area contributed by atoms with Gasteiger partial charge in [0, 0.05) is 6.61 Å². The lowest BCUT2D eigenvalue weighted by atomic mass is 9.86. The minimum atomic E-state index is -0.911. The van der Waals surface area contributed by atoms with Crippen LogP contribution in [0, 0.1) is 5.92 Å². The molecule has 0 bridgehead atoms. The van der Waals surface area contributed by atoms with Crippen LogP contribution in [0.25, 0.3) is 0 Å². The fraction of sp³-hybridized carbons (Fsp3) is 0.833. The molecule has 0 aliphatic carbocycles. The topological polar surface area (TPSA) is 129 Å². The molecule has 0 aromatic carbocycles. The third-order valence-electron chi connectivity index (χ3n) is 4.08. The predicted molar refractivity (Wildman–Crippen MR) is 97.9 cm³/mol. The second kappa shape index (κ2) is 17.9. The molecule has 0 heterocycles. The van der Waals surface area contributed by atoms with Gasteiger partial charge in [0.2, 0.25) is 18.2 Å². The highest BCUT2D eigenvalue weighted by molar-refractivity contribution is 5.34. The molecule has 0 aliphatic rings. The molecule has 0 radical (unpaired) electrons. The number of hydrogen-bond acceptors (Lipinski definition) is 8. The molecule has 0 saturated carbocycles. The number of unbranched alkanes of at least 4 members (excludes halogenated alkanes) is 3. The zero-order valence-electron chi connectivity index (χ0n) is 16.0. The standard InChI is InChI=1S/C11H18N2O2.C7H13NO3/c1-10(11(2,3)13-9-15)6-4-5-7-12-8-14;9-5-3-1-2-4-7(11)8-6-10/h10H,4-7H2,1-3H3;7,9,11H,1-5H2. The van der Waals surface area contributed by atoms with Crippen molar-refractivity contribution in [2.75, 3.05) is 13.2 Å². The second-order valence-electron chi connectivity index (χ2n) is 6.50. The van der Waals surface area contributed by atoms with Crippen molar-refractivity contribution in [3.63, 3.8) is 0 Å². The first-order valence-corrected chi connectivity index (χ1v) is 8.84. The monoisotopic (exact) mass is 369 g/mol. The number of rotatable bonds is 13. The van der Waals surface area contributed by atoms with Gasteiger partial charge in [-0.1, -0.05) is 19.8 Å². The van der Waals surface area contributed by atoms with E-state index in [9.17, 15) is 14.4 Å². The summed E-state index contributed by atoms with van der Waals surface area (Å²) >= 11 is 0. The first kappa shape index (κ1) is 26.3. The maximum absolute atomic E-state index is 10.2. The Morgan fingerprint density at radius 2 is 1.58 bits per heavy atom. The first-order valence-electron chi connectivity index (χ1n) is 8.84. The van der Waals surface area contributed by atoms with Gasteiger partial charge in [-0.15, -0.1) is 0 Å². The number of hydrogen-bond donors (Lipinski definition) is 2. The quantitative estimate of drug-likeness (QED) is 0.293. The van der Waals surface area contributed by atoms with Crippen molar-refractivity contribution in [2.24, 2.45) is 20.9 Å². The van der Waals surface area contributed by atoms with Crippen molar-refractivity contribution in [2.45, 2.75) is 77.5 Å². The summed E-state index contributed by atoms with van der Waals surface area (Å²) in [6, 6.07) is 0. The number of aliphatic hydroxyl groups is 2. The molecule has 0 aromatic heterocycles. The molecule has 2 atom stereocenters. The Bertz CT molecular complexity index is 491. The fourth-order valence-electron chi connectivity index (χ4n) is 2.01. The Morgan fingerprint density at radius 1 is 0.923 bits per heavy atom. The van der Waals surface area contributed by atoms with Gasteiger partial charge in [0.25, 0.3) is 0 Å². The first-order chi connectivity index (χ1) is 12.4. The van der Waals surface area contributed by atoms with Gasteiger partial charge in [0.1, 0.15) is 0 Å². The van der Waals surface area contributed by atoms with Gasteiger partial charge < -0.3 is 10.2 Å². The second-order valence-corrected chi connectivity index (χ2v) is 6.50. The van der Waals surface area contributed by atoms with E-state index in [0.29, 0.717) is 18.9 Å². The summed E-state index contributed by atoms with van der Waals surface area (Å²) in [4.78, 5) is 40.0. The van der Waals surface area contributed by atoms with Gasteiger partial charge in [0.15, 0.2) is 6.23 Å². The molecule has 0 rings (SSSR count). The highest BCUT2D eigenvalue weighted by Crippen LogP contribution is 2.25. The Balaban J connectivity index is 0. The molecule has 26 heavy (non-hydrogen) atoms. The molecular weight excluding hydrogens is 338 g/mol. The van der Waals surface area contributed by atoms with Crippen LogP contribution in [0.1, 0.15) is 65.7 Å². The number of isocyanates is 3. The van der Waals surface area contributed by atoms with Crippen molar-refractivity contribution in [3.8, 4) is 0 Å². The Kier molecular flexibility index (Phi) is 18.1. The Labute approximate surface area is 155 Å². The van der Waals surface area contributed by atoms with E-state index >= 15 is 0 Å². The molecule has 2 N–H and O–H groups in total. The van der Waals surface area contributed by atoms with E-state index in [-0.39, 0.29) is 12.1 Å². The van der Waals surface area contributed by atoms with E-state index in [2.05, 4.69) is 21.9 Å². The van der Waals surface area contributed by atoms with Gasteiger partial charge in [-0.3, -0.25) is 0 Å². The lowest BCUT2D eigenvalue weighted by Crippen LogP contribution is -2.26. The van der Waals surface area contributed by atoms with Crippen LogP contribution < -0.4 is 0 Å². The maximum Gasteiger partial charge on any atom is 0.237 e. The van der Waals surface area contributed by atoms with Crippen LogP contribution in [0.2, 0.25) is 0 Å². The number of nitrogens with zero attached hydrogens (tertiary/aromatic N) is 3. The summed E-state index contributed by atoms with van der Waals surface area (Å²) in [5.74, 6) is 0.319. The average molecular weight is 369 g/mol. The molecule has 8 heteroatoms. The van der Waals surface area contributed by atoms with E-state index in [1.165, 1.54) is 12.2 Å². The summed E-state index contributed by atoms with van der Waals surface area (Å²) in [5.41, 5.74) is -0.352. The highest BCUT2D eigenvalue weighted by Gasteiger charge is 2.24. The molecule has 0 aliphatic heterocycles. The molecule has 2 unspecified atom stereocenters. The van der Waals surface area contributed by atoms with Crippen LogP contribution in [0.3, 0.4) is 0 Å². The zero-order chi connectivity index (χ0) is 20.3. The van der Waals surface area contributed by atoms with Gasteiger partial charge >= 0.3 is 0 Å². The minimum absolute atomic E-state index is 0.174. The average Bonchev–Trinajstić information content (AvgIpc) is 2.59. The molecule has 148 valence electrons. The molecule has 0 fully saturated rings. The predicted octanol–water partition coefficient (Wildman–Crippen LogP) is 2.44. The SMILES string of the molecule is CC(CCCCN=C=O)C(C)(C)N=C=O.O=C=NC(O)CCCCCO. The zero-order valence-corrected chi connectivity index (χ0v) is 16.0. The highest BCUT2D eigenvalue weighted by atomic mass is 16.3. The van der Waals surface area contributed by atoms with E-state index in [4.69, 9.17) is 10.2 Å². The number of aliphatic hydroxyl groups excluding tert-OH is 2. The third-order valence-corrected chi connectivity index (χ3v) is 4.08. The van der Waals surface area contributed by atoms with Crippen LogP contribution in [0.5, 0.6) is 0 Å². The summed E-state index contributed by atoms with van der Waals surface area (Å²) in [6.45, 7) is 6.61. The van der Waals surface area contributed by atoms with Crippen LogP contribution in [-0.2, 0) is 14.4 Å². The molecule has 0 aromatic rings. The minimum Gasteiger partial charge on any atom is -0.396 e. The lowest BCUT2D eigenvalue weighted by molar-refractivity contribution is 0.168. The summed E-state index contributed by atoms with van der Waals surface area (Å²) in [6.07, 6.45) is 9.13. The number of aliphatic imine (C=N–C) groups is 3. The third kappa shape index (κ3) is 16.9. The maximum atomic E-state index is 10.2. The van der Waals surface area contributed by atoms with Crippen molar-refractivity contribution < 1.29 is 24.6 Å². The van der Waals surface area contributed by atoms with Gasteiger partial charge in [-0.2, -0.15) is 9.98 Å². The van der Waals surface area contributed by atoms with Crippen LogP contribution in [0.4, 0.5) is 0 Å². The van der Waals surface area contributed by atoms with Crippen LogP contribution >= 0.6 is 0 Å². The van der Waals surface area contributed by atoms with E-state index in [1.807, 2.05) is 13.8 Å². The fourth-order valence-corrected chi connectivity index (χ4v) is 2.01. The smallest absolute Gasteiger partial charge is 0.237 e. The summed E-state index contributed by atoms with van der Waals surface area (Å²) in [5, 5.41) is 17.2.